The summed E-state index contributed by atoms with van der Waals surface area (Å²) in [5, 5.41) is 4.26. The molecule has 0 radical (unpaired) electrons. The van der Waals surface area contributed by atoms with Crippen molar-refractivity contribution < 1.29 is 32.3 Å². The highest BCUT2D eigenvalue weighted by atomic mass is 19.4. The van der Waals surface area contributed by atoms with Crippen LogP contribution >= 0.6 is 0 Å². The molecule has 3 heterocycles. The van der Waals surface area contributed by atoms with Gasteiger partial charge in [0.15, 0.2) is 0 Å². The second-order valence-electron chi connectivity index (χ2n) is 8.26. The topological polar surface area (TPSA) is 94.2 Å². The Morgan fingerprint density at radius 2 is 1.91 bits per heavy atom. The largest absolute Gasteiger partial charge is 0.416 e. The van der Waals surface area contributed by atoms with E-state index < -0.39 is 41.7 Å². The number of amides is 4. The third kappa shape index (κ3) is 4.34. The molecule has 9 nitrogen and oxygen atoms in total. The Hall–Kier alpha value is -3.12. The van der Waals surface area contributed by atoms with Crippen LogP contribution in [0.1, 0.15) is 31.0 Å². The van der Waals surface area contributed by atoms with Gasteiger partial charge in [0.25, 0.3) is 11.8 Å². The molecule has 0 aromatic heterocycles. The molecule has 0 unspecified atom stereocenters. The van der Waals surface area contributed by atoms with Crippen molar-refractivity contribution in [3.05, 3.63) is 46.7 Å². The number of alkyl halides is 3. The first-order valence-electron chi connectivity index (χ1n) is 11.0. The lowest BCUT2D eigenvalue weighted by Gasteiger charge is -2.33. The van der Waals surface area contributed by atoms with Crippen molar-refractivity contribution in [1.29, 1.82) is 0 Å². The van der Waals surface area contributed by atoms with E-state index in [0.717, 1.165) is 6.07 Å². The number of benzene rings is 1. The molecule has 0 saturated carbocycles. The zero-order chi connectivity index (χ0) is 24.6. The minimum absolute atomic E-state index is 0.0455. The standard InChI is InChI=1S/C22H26F3N5O4/c1-3-29-16-12-30(13(2)19(31)27-28-8-10-34-11-9-28)20(32)17(16)18(26-21(29)33)14-6-4-5-7-15(14)22(23,24)25/h4-7,13,18H,3,8-12H2,1-2H3,(H,26,33)(H,27,31)/t13-,18+/m1/s1. The summed E-state index contributed by atoms with van der Waals surface area (Å²) in [7, 11) is 0. The molecular formula is C22H26F3N5O4. The van der Waals surface area contributed by atoms with E-state index in [1.54, 1.807) is 18.9 Å². The first-order valence-corrected chi connectivity index (χ1v) is 11.0. The number of carbonyl (C=O) groups excluding carboxylic acids is 3. The average molecular weight is 481 g/mol. The summed E-state index contributed by atoms with van der Waals surface area (Å²) < 4.78 is 46.4. The van der Waals surface area contributed by atoms with Gasteiger partial charge in [-0.25, -0.2) is 9.80 Å². The van der Waals surface area contributed by atoms with Crippen LogP contribution in [0.5, 0.6) is 0 Å². The zero-order valence-electron chi connectivity index (χ0n) is 18.8. The average Bonchev–Trinajstić information content (AvgIpc) is 3.15. The first kappa shape index (κ1) is 24.0. The number of rotatable bonds is 5. The van der Waals surface area contributed by atoms with E-state index >= 15 is 0 Å². The van der Waals surface area contributed by atoms with E-state index in [2.05, 4.69) is 10.7 Å². The molecule has 2 N–H and O–H groups in total. The van der Waals surface area contributed by atoms with Gasteiger partial charge >= 0.3 is 12.2 Å². The lowest BCUT2D eigenvalue weighted by atomic mass is 9.91. The minimum Gasteiger partial charge on any atom is -0.379 e. The molecule has 0 aliphatic carbocycles. The van der Waals surface area contributed by atoms with E-state index in [-0.39, 0.29) is 24.2 Å². The number of likely N-dealkylation sites (N-methyl/N-ethyl adjacent to an activating group) is 1. The van der Waals surface area contributed by atoms with Crippen LogP contribution in [0, 0.1) is 0 Å². The molecular weight excluding hydrogens is 455 g/mol. The fourth-order valence-electron chi connectivity index (χ4n) is 4.47. The molecule has 1 aromatic carbocycles. The second-order valence-corrected chi connectivity index (χ2v) is 8.26. The normalized spacial score (nSPS) is 22.6. The van der Waals surface area contributed by atoms with Crippen LogP contribution in [-0.4, -0.2) is 78.1 Å². The number of ether oxygens (including phenoxy) is 1. The van der Waals surface area contributed by atoms with E-state index in [1.807, 2.05) is 0 Å². The van der Waals surface area contributed by atoms with Gasteiger partial charge in [0.05, 0.1) is 42.6 Å². The Kier molecular flexibility index (Phi) is 6.54. The van der Waals surface area contributed by atoms with Crippen LogP contribution in [0.15, 0.2) is 35.5 Å². The predicted molar refractivity (Wildman–Crippen MR) is 114 cm³/mol. The highest BCUT2D eigenvalue weighted by Gasteiger charge is 2.48. The Balaban J connectivity index is 1.65. The smallest absolute Gasteiger partial charge is 0.379 e. The molecule has 3 aliphatic rings. The Bertz CT molecular complexity index is 1020. The zero-order valence-corrected chi connectivity index (χ0v) is 18.8. The van der Waals surface area contributed by atoms with Gasteiger partial charge in [-0.05, 0) is 25.5 Å². The molecule has 4 amide bonds. The Labute approximate surface area is 194 Å². The third-order valence-corrected chi connectivity index (χ3v) is 6.27. The number of nitrogens with zero attached hydrogens (tertiary/aromatic N) is 3. The van der Waals surface area contributed by atoms with Crippen molar-refractivity contribution in [3.63, 3.8) is 0 Å². The van der Waals surface area contributed by atoms with Crippen molar-refractivity contribution in [2.24, 2.45) is 0 Å². The molecule has 3 aliphatic heterocycles. The quantitative estimate of drug-likeness (QED) is 0.667. The fourth-order valence-corrected chi connectivity index (χ4v) is 4.47. The van der Waals surface area contributed by atoms with Gasteiger partial charge < -0.3 is 15.0 Å². The maximum Gasteiger partial charge on any atom is 0.416 e. The molecule has 0 spiro atoms. The monoisotopic (exact) mass is 481 g/mol. The van der Waals surface area contributed by atoms with Crippen molar-refractivity contribution in [3.8, 4) is 0 Å². The molecule has 1 saturated heterocycles. The Morgan fingerprint density at radius 3 is 2.56 bits per heavy atom. The van der Waals surface area contributed by atoms with E-state index in [0.29, 0.717) is 32.0 Å². The molecule has 184 valence electrons. The SMILES string of the molecule is CCN1C(=O)N[C@@H](c2ccccc2C(F)(F)F)C2=C1CN([C@H](C)C(=O)NN1CCOCC1)C2=O. The molecule has 34 heavy (non-hydrogen) atoms. The van der Waals surface area contributed by atoms with Crippen LogP contribution in [0.4, 0.5) is 18.0 Å². The van der Waals surface area contributed by atoms with Crippen LogP contribution in [-0.2, 0) is 20.5 Å². The van der Waals surface area contributed by atoms with Crippen molar-refractivity contribution in [2.75, 3.05) is 39.4 Å². The summed E-state index contributed by atoms with van der Waals surface area (Å²) in [5.74, 6) is -1.01. The van der Waals surface area contributed by atoms with E-state index in [1.165, 1.54) is 28.0 Å². The lowest BCUT2D eigenvalue weighted by Crippen LogP contribution is -2.54. The van der Waals surface area contributed by atoms with Gasteiger partial charge in [-0.1, -0.05) is 18.2 Å². The third-order valence-electron chi connectivity index (χ3n) is 6.27. The van der Waals surface area contributed by atoms with Crippen LogP contribution in [0.25, 0.3) is 0 Å². The number of hydrogen-bond acceptors (Lipinski definition) is 5. The number of hydrazine groups is 1. The highest BCUT2D eigenvalue weighted by molar-refractivity contribution is 6.03. The summed E-state index contributed by atoms with van der Waals surface area (Å²) in [6, 6.07) is 2.07. The van der Waals surface area contributed by atoms with Crippen LogP contribution in [0.3, 0.4) is 0 Å². The predicted octanol–water partition coefficient (Wildman–Crippen LogP) is 1.64. The molecule has 2 atom stereocenters. The van der Waals surface area contributed by atoms with Gasteiger partial charge in [0, 0.05) is 19.6 Å². The summed E-state index contributed by atoms with van der Waals surface area (Å²) in [4.78, 5) is 41.7. The molecule has 1 fully saturated rings. The number of urea groups is 1. The van der Waals surface area contributed by atoms with Crippen molar-refractivity contribution in [2.45, 2.75) is 32.1 Å². The van der Waals surface area contributed by atoms with Gasteiger partial charge in [0.2, 0.25) is 0 Å². The van der Waals surface area contributed by atoms with Gasteiger partial charge in [0.1, 0.15) is 6.04 Å². The highest BCUT2D eigenvalue weighted by Crippen LogP contribution is 2.41. The van der Waals surface area contributed by atoms with E-state index in [9.17, 15) is 27.6 Å². The number of nitrogens with one attached hydrogen (secondary N) is 2. The van der Waals surface area contributed by atoms with Crippen LogP contribution in [0.2, 0.25) is 0 Å². The minimum atomic E-state index is -4.67. The van der Waals surface area contributed by atoms with Gasteiger partial charge in [-0.2, -0.15) is 13.2 Å². The fraction of sp³-hybridized carbons (Fsp3) is 0.500. The molecule has 4 rings (SSSR count). The van der Waals surface area contributed by atoms with Crippen molar-refractivity contribution in [1.82, 2.24) is 25.6 Å². The molecule has 12 heteroatoms. The van der Waals surface area contributed by atoms with E-state index in [4.69, 9.17) is 4.74 Å². The van der Waals surface area contributed by atoms with Crippen LogP contribution < -0.4 is 10.7 Å². The summed E-state index contributed by atoms with van der Waals surface area (Å²) in [6.07, 6.45) is -4.67. The number of hydrogen-bond donors (Lipinski definition) is 2. The maximum absolute atomic E-state index is 13.7. The summed E-state index contributed by atoms with van der Waals surface area (Å²) in [5.41, 5.74) is 1.97. The maximum atomic E-state index is 13.7. The van der Waals surface area contributed by atoms with Crippen molar-refractivity contribution >= 4 is 17.8 Å². The summed E-state index contributed by atoms with van der Waals surface area (Å²) >= 11 is 0. The first-order chi connectivity index (χ1) is 16.1. The molecule has 0 bridgehead atoms. The van der Waals surface area contributed by atoms with Gasteiger partial charge in [-0.3, -0.25) is 19.9 Å². The Morgan fingerprint density at radius 1 is 1.24 bits per heavy atom. The number of halogens is 3. The summed E-state index contributed by atoms with van der Waals surface area (Å²) in [6.45, 7) is 5.34. The number of morpholine rings is 1. The van der Waals surface area contributed by atoms with Gasteiger partial charge in [-0.15, -0.1) is 0 Å². The lowest BCUT2D eigenvalue weighted by molar-refractivity contribution is -0.140. The second kappa shape index (κ2) is 9.26. The number of carbonyl (C=O) groups is 3. The molecule has 1 aromatic rings.